The van der Waals surface area contributed by atoms with E-state index in [0.717, 1.165) is 11.4 Å². The van der Waals surface area contributed by atoms with Crippen LogP contribution in [0, 0.1) is 6.92 Å². The lowest BCUT2D eigenvalue weighted by Gasteiger charge is -2.17. The molecule has 17 heavy (non-hydrogen) atoms. The van der Waals surface area contributed by atoms with Crippen molar-refractivity contribution in [3.8, 4) is 0 Å². The Morgan fingerprint density at radius 1 is 1.53 bits per heavy atom. The molecule has 1 aromatic heterocycles. The summed E-state index contributed by atoms with van der Waals surface area (Å²) >= 11 is 6.14. The highest BCUT2D eigenvalue weighted by Gasteiger charge is 2.20. The fourth-order valence-corrected chi connectivity index (χ4v) is 2.00. The largest absolute Gasteiger partial charge is 0.325 e. The minimum Gasteiger partial charge on any atom is -0.325 e. The van der Waals surface area contributed by atoms with Crippen LogP contribution in [0.25, 0.3) is 0 Å². The van der Waals surface area contributed by atoms with Gasteiger partial charge in [0, 0.05) is 24.9 Å². The van der Waals surface area contributed by atoms with Gasteiger partial charge in [0.1, 0.15) is 5.78 Å². The van der Waals surface area contributed by atoms with Gasteiger partial charge in [-0.1, -0.05) is 11.6 Å². The molecule has 2 N–H and O–H groups in total. The minimum absolute atomic E-state index is 0.0917. The van der Waals surface area contributed by atoms with Crippen molar-refractivity contribution in [2.45, 2.75) is 52.6 Å². The van der Waals surface area contributed by atoms with E-state index in [0.29, 0.717) is 24.4 Å². The molecule has 0 aliphatic carbocycles. The molecule has 0 unspecified atom stereocenters. The lowest BCUT2D eigenvalue weighted by atomic mass is 9.97. The zero-order valence-electron chi connectivity index (χ0n) is 10.9. The molecule has 1 heterocycles. The van der Waals surface area contributed by atoms with E-state index in [9.17, 15) is 4.79 Å². The van der Waals surface area contributed by atoms with Gasteiger partial charge in [-0.15, -0.1) is 0 Å². The Bertz CT molecular complexity index is 418. The van der Waals surface area contributed by atoms with Gasteiger partial charge in [-0.05, 0) is 27.7 Å². The van der Waals surface area contributed by atoms with Crippen molar-refractivity contribution in [1.29, 1.82) is 0 Å². The number of nitrogens with zero attached hydrogens (tertiary/aromatic N) is 2. The van der Waals surface area contributed by atoms with E-state index in [1.807, 2.05) is 27.7 Å². The van der Waals surface area contributed by atoms with Gasteiger partial charge in [0.2, 0.25) is 0 Å². The van der Waals surface area contributed by atoms with Crippen LogP contribution >= 0.6 is 11.6 Å². The third-order valence-corrected chi connectivity index (χ3v) is 2.96. The van der Waals surface area contributed by atoms with Crippen molar-refractivity contribution >= 4 is 17.4 Å². The SMILES string of the molecule is CCn1nc(C)c(Cl)c1CC(=O)CC(C)(C)N. The fourth-order valence-electron chi connectivity index (χ4n) is 1.80. The summed E-state index contributed by atoms with van der Waals surface area (Å²) in [4.78, 5) is 11.9. The van der Waals surface area contributed by atoms with Crippen LogP contribution in [-0.4, -0.2) is 21.1 Å². The standard InChI is InChI=1S/C12H20ClN3O/c1-5-16-10(11(13)8(2)15-16)6-9(17)7-12(3,4)14/h5-7,14H2,1-4H3. The third kappa shape index (κ3) is 3.82. The molecule has 0 spiro atoms. The van der Waals surface area contributed by atoms with Crippen LogP contribution in [0.3, 0.4) is 0 Å². The molecule has 0 atom stereocenters. The van der Waals surface area contributed by atoms with E-state index in [-0.39, 0.29) is 5.78 Å². The molecular formula is C12H20ClN3O. The lowest BCUT2D eigenvalue weighted by molar-refractivity contribution is -0.119. The van der Waals surface area contributed by atoms with Gasteiger partial charge >= 0.3 is 0 Å². The highest BCUT2D eigenvalue weighted by atomic mass is 35.5. The molecule has 5 heteroatoms. The number of nitrogens with two attached hydrogens (primary N) is 1. The van der Waals surface area contributed by atoms with Crippen LogP contribution in [0.4, 0.5) is 0 Å². The van der Waals surface area contributed by atoms with Crippen LogP contribution in [0.15, 0.2) is 0 Å². The number of hydrogen-bond donors (Lipinski definition) is 1. The molecule has 1 aromatic rings. The number of rotatable bonds is 5. The van der Waals surface area contributed by atoms with Crippen LogP contribution in [-0.2, 0) is 17.8 Å². The lowest BCUT2D eigenvalue weighted by Crippen LogP contribution is -2.35. The highest BCUT2D eigenvalue weighted by molar-refractivity contribution is 6.32. The van der Waals surface area contributed by atoms with E-state index in [1.165, 1.54) is 0 Å². The van der Waals surface area contributed by atoms with E-state index in [1.54, 1.807) is 4.68 Å². The Morgan fingerprint density at radius 3 is 2.59 bits per heavy atom. The zero-order valence-corrected chi connectivity index (χ0v) is 11.6. The molecule has 0 saturated carbocycles. The number of halogens is 1. The summed E-state index contributed by atoms with van der Waals surface area (Å²) in [6, 6.07) is 0. The summed E-state index contributed by atoms with van der Waals surface area (Å²) in [7, 11) is 0. The molecule has 1 rings (SSSR count). The maximum absolute atomic E-state index is 11.9. The first-order valence-electron chi connectivity index (χ1n) is 5.77. The van der Waals surface area contributed by atoms with Crippen molar-refractivity contribution in [3.05, 3.63) is 16.4 Å². The maximum Gasteiger partial charge on any atom is 0.140 e. The van der Waals surface area contributed by atoms with Gasteiger partial charge in [0.25, 0.3) is 0 Å². The second-order valence-corrected chi connectivity index (χ2v) is 5.42. The summed E-state index contributed by atoms with van der Waals surface area (Å²) in [5, 5.41) is 4.87. The molecule has 96 valence electrons. The zero-order chi connectivity index (χ0) is 13.2. The molecule has 0 radical (unpaired) electrons. The number of ketones is 1. The average molecular weight is 258 g/mol. The van der Waals surface area contributed by atoms with E-state index in [4.69, 9.17) is 17.3 Å². The molecule has 0 aliphatic rings. The Hall–Kier alpha value is -0.870. The maximum atomic E-state index is 11.9. The normalized spacial score (nSPS) is 11.9. The first-order chi connectivity index (χ1) is 7.74. The molecule has 0 aliphatic heterocycles. The van der Waals surface area contributed by atoms with Gasteiger partial charge in [-0.25, -0.2) is 0 Å². The smallest absolute Gasteiger partial charge is 0.140 e. The van der Waals surface area contributed by atoms with E-state index < -0.39 is 5.54 Å². The summed E-state index contributed by atoms with van der Waals surface area (Å²) in [6.45, 7) is 8.21. The number of aryl methyl sites for hydroxylation is 2. The van der Waals surface area contributed by atoms with Crippen molar-refractivity contribution < 1.29 is 4.79 Å². The van der Waals surface area contributed by atoms with Crippen molar-refractivity contribution in [1.82, 2.24) is 9.78 Å². The van der Waals surface area contributed by atoms with Crippen LogP contribution in [0.5, 0.6) is 0 Å². The Kier molecular flexibility index (Phi) is 4.33. The van der Waals surface area contributed by atoms with Crippen LogP contribution in [0.2, 0.25) is 5.02 Å². The second-order valence-electron chi connectivity index (χ2n) is 5.04. The van der Waals surface area contributed by atoms with Crippen molar-refractivity contribution in [2.75, 3.05) is 0 Å². The molecular weight excluding hydrogens is 238 g/mol. The Morgan fingerprint density at radius 2 is 2.12 bits per heavy atom. The summed E-state index contributed by atoms with van der Waals surface area (Å²) in [5.74, 6) is 0.0917. The third-order valence-electron chi connectivity index (χ3n) is 2.47. The monoisotopic (exact) mass is 257 g/mol. The molecule has 0 amide bonds. The van der Waals surface area contributed by atoms with Crippen molar-refractivity contribution in [2.24, 2.45) is 5.73 Å². The predicted octanol–water partition coefficient (Wildman–Crippen LogP) is 2.10. The number of Topliss-reactive ketones (excluding diaryl/α,β-unsaturated/α-hetero) is 1. The van der Waals surface area contributed by atoms with Crippen molar-refractivity contribution in [3.63, 3.8) is 0 Å². The Labute approximate surface area is 107 Å². The first-order valence-corrected chi connectivity index (χ1v) is 6.14. The summed E-state index contributed by atoms with van der Waals surface area (Å²) in [6.07, 6.45) is 0.644. The van der Waals surface area contributed by atoms with Crippen LogP contribution < -0.4 is 5.73 Å². The summed E-state index contributed by atoms with van der Waals surface area (Å²) in [5.41, 5.74) is 6.91. The number of carbonyl (C=O) groups is 1. The van der Waals surface area contributed by atoms with Gasteiger partial charge < -0.3 is 5.73 Å². The van der Waals surface area contributed by atoms with Gasteiger partial charge in [0.15, 0.2) is 0 Å². The average Bonchev–Trinajstić information content (AvgIpc) is 2.42. The number of hydrogen-bond acceptors (Lipinski definition) is 3. The number of carbonyl (C=O) groups excluding carboxylic acids is 1. The summed E-state index contributed by atoms with van der Waals surface area (Å²) < 4.78 is 1.78. The molecule has 0 bridgehead atoms. The highest BCUT2D eigenvalue weighted by Crippen LogP contribution is 2.21. The quantitative estimate of drug-likeness (QED) is 0.879. The van der Waals surface area contributed by atoms with E-state index in [2.05, 4.69) is 5.10 Å². The van der Waals surface area contributed by atoms with Gasteiger partial charge in [0.05, 0.1) is 16.4 Å². The predicted molar refractivity (Wildman–Crippen MR) is 69.2 cm³/mol. The van der Waals surface area contributed by atoms with E-state index >= 15 is 0 Å². The molecule has 0 fully saturated rings. The first kappa shape index (κ1) is 14.2. The molecule has 0 saturated heterocycles. The Balaban J connectivity index is 2.84. The topological polar surface area (TPSA) is 60.9 Å². The van der Waals surface area contributed by atoms with Gasteiger partial charge in [-0.2, -0.15) is 5.10 Å². The van der Waals surface area contributed by atoms with Gasteiger partial charge in [-0.3, -0.25) is 9.48 Å². The van der Waals surface area contributed by atoms with Crippen LogP contribution in [0.1, 0.15) is 38.6 Å². The molecule has 0 aromatic carbocycles. The molecule has 4 nitrogen and oxygen atoms in total. The fraction of sp³-hybridized carbons (Fsp3) is 0.667. The minimum atomic E-state index is -0.477. The second kappa shape index (κ2) is 5.19. The number of aromatic nitrogens is 2.